The van der Waals surface area contributed by atoms with Gasteiger partial charge < -0.3 is 34.4 Å². The van der Waals surface area contributed by atoms with Crippen LogP contribution in [0.1, 0.15) is 149 Å². The number of carbonyl (C=O) groups is 2. The van der Waals surface area contributed by atoms with Gasteiger partial charge in [-0.25, -0.2) is 9.13 Å². The smallest absolute Gasteiger partial charge is 0.462 e. The Hall–Kier alpha value is -2.22. The van der Waals surface area contributed by atoms with E-state index in [1.54, 1.807) is 6.08 Å². The zero-order valence-corrected chi connectivity index (χ0v) is 36.8. The summed E-state index contributed by atoms with van der Waals surface area (Å²) in [7, 11) is -9.71. The van der Waals surface area contributed by atoms with Crippen molar-refractivity contribution in [2.75, 3.05) is 26.4 Å². The molecule has 0 aromatic heterocycles. The molecule has 0 aliphatic carbocycles. The molecule has 0 bridgehead atoms. The molecule has 336 valence electrons. The van der Waals surface area contributed by atoms with Crippen molar-refractivity contribution in [3.05, 3.63) is 60.8 Å². The Morgan fingerprint density at radius 3 is 1.79 bits per heavy atom. The standard InChI is InChI=1S/C42H74O14P2/c1-3-5-7-8-9-10-11-12-15-18-21-24-28-32-41(45)52-36-40(37-55-58(50,51)54-35-39(44)34-53-57(47,48)49)56-42(46)33-29-25-22-19-16-13-14-17-20-23-27-31-38(43)30-26-6-4-2/h10-11,13-14,19-20,22-23,27,31,38-40,43-44H,3-9,12,15-18,21,24-26,28-30,32-37H2,1-2H3,(H,50,51)(H2,47,48,49)/b11-10-,14-13-,22-19-,23-20-,31-27+/t38-,39-,40+/m0/s1. The highest BCUT2D eigenvalue weighted by Gasteiger charge is 2.28. The van der Waals surface area contributed by atoms with Crippen molar-refractivity contribution in [1.82, 2.24) is 0 Å². The van der Waals surface area contributed by atoms with Gasteiger partial charge in [0, 0.05) is 12.8 Å². The summed E-state index contributed by atoms with van der Waals surface area (Å²) in [6, 6.07) is 0. The average molecular weight is 865 g/mol. The summed E-state index contributed by atoms with van der Waals surface area (Å²) in [5, 5.41) is 19.6. The number of rotatable bonds is 39. The number of esters is 2. The Balaban J connectivity index is 4.70. The molecule has 0 aromatic carbocycles. The third-order valence-electron chi connectivity index (χ3n) is 8.47. The van der Waals surface area contributed by atoms with Gasteiger partial charge in [0.05, 0.1) is 25.9 Å². The van der Waals surface area contributed by atoms with Gasteiger partial charge in [-0.2, -0.15) is 0 Å². The number of ether oxygens (including phenoxy) is 2. The minimum atomic E-state index is -4.88. The summed E-state index contributed by atoms with van der Waals surface area (Å²) in [6.45, 7) is 1.52. The molecule has 0 saturated heterocycles. The molecule has 0 fully saturated rings. The van der Waals surface area contributed by atoms with Crippen molar-refractivity contribution in [1.29, 1.82) is 0 Å². The maximum atomic E-state index is 12.6. The first-order valence-corrected chi connectivity index (χ1v) is 24.1. The van der Waals surface area contributed by atoms with E-state index in [1.165, 1.54) is 25.7 Å². The first-order valence-electron chi connectivity index (χ1n) is 21.1. The van der Waals surface area contributed by atoms with Crippen LogP contribution in [0.15, 0.2) is 60.8 Å². The second-order valence-electron chi connectivity index (χ2n) is 14.1. The van der Waals surface area contributed by atoms with Gasteiger partial charge in [-0.05, 0) is 64.2 Å². The monoisotopic (exact) mass is 864 g/mol. The van der Waals surface area contributed by atoms with Gasteiger partial charge in [0.25, 0.3) is 0 Å². The van der Waals surface area contributed by atoms with Crippen molar-refractivity contribution in [2.45, 2.75) is 167 Å². The van der Waals surface area contributed by atoms with Crippen LogP contribution >= 0.6 is 15.6 Å². The minimum Gasteiger partial charge on any atom is -0.462 e. The average Bonchev–Trinajstić information content (AvgIpc) is 3.17. The van der Waals surface area contributed by atoms with E-state index in [-0.39, 0.29) is 12.8 Å². The minimum absolute atomic E-state index is 0.0318. The Kier molecular flexibility index (Phi) is 36.3. The fraction of sp³-hybridized carbons (Fsp3) is 0.714. The van der Waals surface area contributed by atoms with Gasteiger partial charge >= 0.3 is 27.6 Å². The number of hydrogen-bond acceptors (Lipinski definition) is 11. The van der Waals surface area contributed by atoms with E-state index < -0.39 is 72.3 Å². The molecular formula is C42H74O14P2. The lowest BCUT2D eigenvalue weighted by atomic mass is 10.1. The summed E-state index contributed by atoms with van der Waals surface area (Å²) in [5.74, 6) is -1.14. The Labute approximate surface area is 347 Å². The van der Waals surface area contributed by atoms with Crippen LogP contribution in [0.3, 0.4) is 0 Å². The largest absolute Gasteiger partial charge is 0.472 e. The highest BCUT2D eigenvalue weighted by molar-refractivity contribution is 7.47. The van der Waals surface area contributed by atoms with E-state index in [0.29, 0.717) is 19.3 Å². The van der Waals surface area contributed by atoms with Crippen molar-refractivity contribution in [2.24, 2.45) is 0 Å². The second kappa shape index (κ2) is 37.8. The molecular weight excluding hydrogens is 790 g/mol. The topological polar surface area (TPSA) is 216 Å². The molecule has 16 heteroatoms. The summed E-state index contributed by atoms with van der Waals surface area (Å²) in [6.07, 6.45) is 35.5. The van der Waals surface area contributed by atoms with E-state index in [1.807, 2.05) is 42.5 Å². The molecule has 0 spiro atoms. The van der Waals surface area contributed by atoms with Gasteiger partial charge in [0.2, 0.25) is 0 Å². The van der Waals surface area contributed by atoms with Crippen molar-refractivity contribution in [3.8, 4) is 0 Å². The zero-order valence-electron chi connectivity index (χ0n) is 35.0. The number of aliphatic hydroxyl groups is 2. The number of carbonyl (C=O) groups excluding carboxylic acids is 2. The van der Waals surface area contributed by atoms with Gasteiger partial charge in [0.1, 0.15) is 12.7 Å². The molecule has 1 unspecified atom stereocenters. The molecule has 0 amide bonds. The Morgan fingerprint density at radius 1 is 0.569 bits per heavy atom. The predicted octanol–water partition coefficient (Wildman–Crippen LogP) is 9.42. The molecule has 5 N–H and O–H groups in total. The molecule has 0 heterocycles. The normalized spacial score (nSPS) is 15.2. The van der Waals surface area contributed by atoms with Gasteiger partial charge in [0.15, 0.2) is 6.10 Å². The van der Waals surface area contributed by atoms with Crippen LogP contribution in [0.25, 0.3) is 0 Å². The first-order chi connectivity index (χ1) is 27.8. The van der Waals surface area contributed by atoms with Crippen LogP contribution < -0.4 is 0 Å². The summed E-state index contributed by atoms with van der Waals surface area (Å²) >= 11 is 0. The number of hydrogen-bond donors (Lipinski definition) is 5. The van der Waals surface area contributed by atoms with Crippen LogP contribution in [-0.4, -0.2) is 81.6 Å². The maximum absolute atomic E-state index is 12.6. The van der Waals surface area contributed by atoms with Crippen LogP contribution in [0.5, 0.6) is 0 Å². The van der Waals surface area contributed by atoms with Gasteiger partial charge in [-0.1, -0.05) is 132 Å². The molecule has 14 nitrogen and oxygen atoms in total. The molecule has 0 aliphatic heterocycles. The molecule has 0 aromatic rings. The second-order valence-corrected chi connectivity index (χ2v) is 16.8. The van der Waals surface area contributed by atoms with Crippen LogP contribution in [0, 0.1) is 0 Å². The van der Waals surface area contributed by atoms with E-state index in [2.05, 4.69) is 35.0 Å². The Bertz CT molecular complexity index is 1280. The predicted molar refractivity (Wildman–Crippen MR) is 227 cm³/mol. The van der Waals surface area contributed by atoms with E-state index in [9.17, 15) is 33.8 Å². The van der Waals surface area contributed by atoms with Crippen molar-refractivity contribution < 1.29 is 66.7 Å². The number of allylic oxidation sites excluding steroid dienone is 9. The quantitative estimate of drug-likeness (QED) is 0.0128. The highest BCUT2D eigenvalue weighted by atomic mass is 31.2. The van der Waals surface area contributed by atoms with Crippen LogP contribution in [-0.2, 0) is 41.8 Å². The molecule has 4 atom stereocenters. The summed E-state index contributed by atoms with van der Waals surface area (Å²) < 4.78 is 47.6. The fourth-order valence-corrected chi connectivity index (χ4v) is 6.36. The fourth-order valence-electron chi connectivity index (χ4n) is 5.21. The third kappa shape index (κ3) is 40.6. The maximum Gasteiger partial charge on any atom is 0.472 e. The Morgan fingerprint density at radius 2 is 1.10 bits per heavy atom. The lowest BCUT2D eigenvalue weighted by Gasteiger charge is -2.20. The van der Waals surface area contributed by atoms with E-state index in [0.717, 1.165) is 77.0 Å². The van der Waals surface area contributed by atoms with Crippen molar-refractivity contribution >= 4 is 27.6 Å². The molecule has 0 saturated carbocycles. The molecule has 58 heavy (non-hydrogen) atoms. The number of unbranched alkanes of at least 4 members (excludes halogenated alkanes) is 12. The number of phosphoric ester groups is 2. The lowest BCUT2D eigenvalue weighted by molar-refractivity contribution is -0.161. The van der Waals surface area contributed by atoms with Gasteiger partial charge in [-0.3, -0.25) is 23.2 Å². The summed E-state index contributed by atoms with van der Waals surface area (Å²) in [4.78, 5) is 52.6. The number of phosphoric acid groups is 2. The highest BCUT2D eigenvalue weighted by Crippen LogP contribution is 2.43. The lowest BCUT2D eigenvalue weighted by Crippen LogP contribution is -2.29. The zero-order chi connectivity index (χ0) is 43.2. The van der Waals surface area contributed by atoms with E-state index >= 15 is 0 Å². The SMILES string of the molecule is CCCCCC/C=C\CCCCCCCC(=O)OC[C@H](COP(=O)(O)OC[C@@H](O)COP(=O)(O)O)OC(=O)CCC/C=C\C/C=C\C/C=C\C=C\[C@@H](O)CCCCC. The molecule has 0 radical (unpaired) electrons. The molecule has 0 rings (SSSR count). The van der Waals surface area contributed by atoms with Crippen molar-refractivity contribution in [3.63, 3.8) is 0 Å². The third-order valence-corrected chi connectivity index (χ3v) is 9.91. The first kappa shape index (κ1) is 55.8. The summed E-state index contributed by atoms with van der Waals surface area (Å²) in [5.41, 5.74) is 0. The molecule has 0 aliphatic rings. The van der Waals surface area contributed by atoms with E-state index in [4.69, 9.17) is 23.8 Å². The van der Waals surface area contributed by atoms with Gasteiger partial charge in [-0.15, -0.1) is 0 Å². The number of aliphatic hydroxyl groups excluding tert-OH is 2. The van der Waals surface area contributed by atoms with Crippen LogP contribution in [0.4, 0.5) is 0 Å². The van der Waals surface area contributed by atoms with Crippen LogP contribution in [0.2, 0.25) is 0 Å².